The molecule has 0 spiro atoms. The van der Waals surface area contributed by atoms with Crippen LogP contribution in [0.3, 0.4) is 0 Å². The number of hydrazine groups is 1. The smallest absolute Gasteiger partial charge is 0.122 e. The number of rotatable bonds is 3. The molecule has 0 radical (unpaired) electrons. The van der Waals surface area contributed by atoms with Crippen LogP contribution in [0.25, 0.3) is 0 Å². The van der Waals surface area contributed by atoms with Crippen LogP contribution in [0.2, 0.25) is 0 Å². The van der Waals surface area contributed by atoms with Gasteiger partial charge in [-0.3, -0.25) is 11.3 Å². The van der Waals surface area contributed by atoms with Crippen LogP contribution in [-0.2, 0) is 6.42 Å². The van der Waals surface area contributed by atoms with Crippen molar-refractivity contribution in [1.82, 2.24) is 5.43 Å². The SMILES string of the molecule is Cc1cc(C)cc(C(NN)C2COc3ccccc3C2)c1. The molecule has 0 saturated heterocycles. The average molecular weight is 282 g/mol. The summed E-state index contributed by atoms with van der Waals surface area (Å²) < 4.78 is 5.91. The molecule has 0 aromatic heterocycles. The van der Waals surface area contributed by atoms with E-state index in [2.05, 4.69) is 49.6 Å². The second-order valence-corrected chi connectivity index (χ2v) is 5.95. The summed E-state index contributed by atoms with van der Waals surface area (Å²) in [5.74, 6) is 7.19. The van der Waals surface area contributed by atoms with Crippen molar-refractivity contribution in [3.8, 4) is 5.75 Å². The molecule has 2 unspecified atom stereocenters. The predicted octanol–water partition coefficient (Wildman–Crippen LogP) is 3.06. The van der Waals surface area contributed by atoms with E-state index in [9.17, 15) is 0 Å². The van der Waals surface area contributed by atoms with Crippen molar-refractivity contribution in [3.63, 3.8) is 0 Å². The Hall–Kier alpha value is -1.84. The van der Waals surface area contributed by atoms with Gasteiger partial charge < -0.3 is 4.74 Å². The molecular formula is C18H22N2O. The number of benzene rings is 2. The van der Waals surface area contributed by atoms with Crippen molar-refractivity contribution in [2.24, 2.45) is 11.8 Å². The molecule has 0 fully saturated rings. The van der Waals surface area contributed by atoms with Gasteiger partial charge in [0, 0.05) is 5.92 Å². The lowest BCUT2D eigenvalue weighted by Gasteiger charge is -2.32. The van der Waals surface area contributed by atoms with E-state index in [1.807, 2.05) is 12.1 Å². The van der Waals surface area contributed by atoms with Crippen molar-refractivity contribution in [2.45, 2.75) is 26.3 Å². The second kappa shape index (κ2) is 5.88. The van der Waals surface area contributed by atoms with Crippen LogP contribution >= 0.6 is 0 Å². The Morgan fingerprint density at radius 2 is 1.86 bits per heavy atom. The highest BCUT2D eigenvalue weighted by Gasteiger charge is 2.28. The normalized spacial score (nSPS) is 18.7. The van der Waals surface area contributed by atoms with Crippen LogP contribution in [-0.4, -0.2) is 6.61 Å². The Morgan fingerprint density at radius 3 is 2.57 bits per heavy atom. The third-order valence-corrected chi connectivity index (χ3v) is 4.16. The topological polar surface area (TPSA) is 47.3 Å². The summed E-state index contributed by atoms with van der Waals surface area (Å²) in [6, 6.07) is 15.0. The summed E-state index contributed by atoms with van der Waals surface area (Å²) in [6.07, 6.45) is 0.984. The molecule has 3 heteroatoms. The Kier molecular flexibility index (Phi) is 3.95. The predicted molar refractivity (Wildman–Crippen MR) is 85.1 cm³/mol. The quantitative estimate of drug-likeness (QED) is 0.672. The van der Waals surface area contributed by atoms with Crippen LogP contribution < -0.4 is 16.0 Å². The first kappa shape index (κ1) is 14.1. The minimum absolute atomic E-state index is 0.108. The summed E-state index contributed by atoms with van der Waals surface area (Å²) in [5, 5.41) is 0. The number of para-hydroxylation sites is 1. The van der Waals surface area contributed by atoms with Crippen molar-refractivity contribution in [2.75, 3.05) is 6.61 Å². The second-order valence-electron chi connectivity index (χ2n) is 5.95. The summed E-state index contributed by atoms with van der Waals surface area (Å²) >= 11 is 0. The lowest BCUT2D eigenvalue weighted by atomic mass is 9.86. The van der Waals surface area contributed by atoms with Gasteiger partial charge in [0.25, 0.3) is 0 Å². The Bertz CT molecular complexity index is 619. The van der Waals surface area contributed by atoms with E-state index in [0.717, 1.165) is 12.2 Å². The zero-order valence-corrected chi connectivity index (χ0v) is 12.6. The fraction of sp³-hybridized carbons (Fsp3) is 0.333. The molecule has 3 rings (SSSR count). The standard InChI is InChI=1S/C18H22N2O/c1-12-7-13(2)9-15(8-12)18(20-19)16-10-14-5-3-4-6-17(14)21-11-16/h3-9,16,18,20H,10-11,19H2,1-2H3. The summed E-state index contributed by atoms with van der Waals surface area (Å²) in [4.78, 5) is 0. The molecule has 0 saturated carbocycles. The number of nitrogens with one attached hydrogen (secondary N) is 1. The molecule has 1 aliphatic rings. The van der Waals surface area contributed by atoms with Gasteiger partial charge in [-0.25, -0.2) is 0 Å². The van der Waals surface area contributed by atoms with Crippen molar-refractivity contribution in [1.29, 1.82) is 0 Å². The first-order chi connectivity index (χ1) is 10.2. The largest absolute Gasteiger partial charge is 0.493 e. The zero-order chi connectivity index (χ0) is 14.8. The van der Waals surface area contributed by atoms with Crippen LogP contribution in [0.15, 0.2) is 42.5 Å². The van der Waals surface area contributed by atoms with Gasteiger partial charge in [-0.1, -0.05) is 47.5 Å². The lowest BCUT2D eigenvalue weighted by molar-refractivity contribution is 0.185. The Labute approximate surface area is 126 Å². The minimum Gasteiger partial charge on any atom is -0.493 e. The number of ether oxygens (including phenoxy) is 1. The molecule has 2 atom stereocenters. The maximum absolute atomic E-state index is 5.91. The Balaban J connectivity index is 1.88. The minimum atomic E-state index is 0.108. The van der Waals surface area contributed by atoms with Gasteiger partial charge in [0.15, 0.2) is 0 Å². The summed E-state index contributed by atoms with van der Waals surface area (Å²) in [7, 11) is 0. The van der Waals surface area contributed by atoms with Crippen molar-refractivity contribution in [3.05, 3.63) is 64.7 Å². The lowest BCUT2D eigenvalue weighted by Crippen LogP contribution is -2.38. The fourth-order valence-corrected chi connectivity index (χ4v) is 3.26. The van der Waals surface area contributed by atoms with Crippen LogP contribution in [0.1, 0.15) is 28.3 Å². The highest BCUT2D eigenvalue weighted by Crippen LogP contribution is 2.33. The van der Waals surface area contributed by atoms with Crippen molar-refractivity contribution < 1.29 is 4.74 Å². The van der Waals surface area contributed by atoms with E-state index >= 15 is 0 Å². The van der Waals surface area contributed by atoms with E-state index in [1.165, 1.54) is 22.3 Å². The van der Waals surface area contributed by atoms with E-state index < -0.39 is 0 Å². The number of aryl methyl sites for hydroxylation is 2. The van der Waals surface area contributed by atoms with Gasteiger partial charge >= 0.3 is 0 Å². The van der Waals surface area contributed by atoms with E-state index in [0.29, 0.717) is 12.5 Å². The molecule has 3 N–H and O–H groups in total. The molecule has 3 nitrogen and oxygen atoms in total. The fourth-order valence-electron chi connectivity index (χ4n) is 3.26. The van der Waals surface area contributed by atoms with Gasteiger partial charge in [0.2, 0.25) is 0 Å². The number of hydrogen-bond acceptors (Lipinski definition) is 3. The molecule has 2 aromatic carbocycles. The van der Waals surface area contributed by atoms with E-state index in [4.69, 9.17) is 10.6 Å². The molecule has 0 bridgehead atoms. The molecule has 0 aliphatic carbocycles. The number of hydrogen-bond donors (Lipinski definition) is 2. The summed E-state index contributed by atoms with van der Waals surface area (Å²) in [5.41, 5.74) is 8.03. The summed E-state index contributed by atoms with van der Waals surface area (Å²) in [6.45, 7) is 4.94. The molecule has 21 heavy (non-hydrogen) atoms. The molecule has 110 valence electrons. The third kappa shape index (κ3) is 2.94. The molecule has 1 heterocycles. The van der Waals surface area contributed by atoms with Gasteiger partial charge in [-0.05, 0) is 37.5 Å². The van der Waals surface area contributed by atoms with Gasteiger partial charge in [0.05, 0.1) is 12.6 Å². The maximum atomic E-state index is 5.91. The molecule has 1 aliphatic heterocycles. The first-order valence-corrected chi connectivity index (χ1v) is 7.42. The van der Waals surface area contributed by atoms with Gasteiger partial charge in [-0.15, -0.1) is 0 Å². The first-order valence-electron chi connectivity index (χ1n) is 7.42. The molecule has 2 aromatic rings. The van der Waals surface area contributed by atoms with E-state index in [1.54, 1.807) is 0 Å². The van der Waals surface area contributed by atoms with Gasteiger partial charge in [0.1, 0.15) is 5.75 Å². The van der Waals surface area contributed by atoms with E-state index in [-0.39, 0.29) is 6.04 Å². The van der Waals surface area contributed by atoms with Crippen LogP contribution in [0.4, 0.5) is 0 Å². The maximum Gasteiger partial charge on any atom is 0.122 e. The highest BCUT2D eigenvalue weighted by atomic mass is 16.5. The average Bonchev–Trinajstić information content (AvgIpc) is 2.47. The molecule has 0 amide bonds. The van der Waals surface area contributed by atoms with Crippen LogP contribution in [0.5, 0.6) is 5.75 Å². The third-order valence-electron chi connectivity index (χ3n) is 4.16. The van der Waals surface area contributed by atoms with Crippen molar-refractivity contribution >= 4 is 0 Å². The molecular weight excluding hydrogens is 260 g/mol. The zero-order valence-electron chi connectivity index (χ0n) is 12.6. The number of fused-ring (bicyclic) bond motifs is 1. The number of nitrogens with two attached hydrogens (primary N) is 1. The highest BCUT2D eigenvalue weighted by molar-refractivity contribution is 5.37. The Morgan fingerprint density at radius 1 is 1.14 bits per heavy atom. The monoisotopic (exact) mass is 282 g/mol. The van der Waals surface area contributed by atoms with Crippen LogP contribution in [0, 0.1) is 19.8 Å². The van der Waals surface area contributed by atoms with Gasteiger partial charge in [-0.2, -0.15) is 0 Å².